The summed E-state index contributed by atoms with van der Waals surface area (Å²) in [5.41, 5.74) is 4.00. The van der Waals surface area contributed by atoms with Gasteiger partial charge in [0.1, 0.15) is 0 Å². The summed E-state index contributed by atoms with van der Waals surface area (Å²) in [6, 6.07) is 15.2. The summed E-state index contributed by atoms with van der Waals surface area (Å²) >= 11 is 6.00. The molecule has 184 valence electrons. The molecule has 0 bridgehead atoms. The number of aliphatic carboxylic acids is 1. The monoisotopic (exact) mass is 494 g/mol. The van der Waals surface area contributed by atoms with Gasteiger partial charge < -0.3 is 14.4 Å². The van der Waals surface area contributed by atoms with Gasteiger partial charge in [-0.25, -0.2) is 0 Å². The summed E-state index contributed by atoms with van der Waals surface area (Å²) in [6.07, 6.45) is 3.57. The first-order valence-electron chi connectivity index (χ1n) is 11.9. The van der Waals surface area contributed by atoms with Crippen LogP contribution in [0.15, 0.2) is 42.5 Å². The number of fused-ring (bicyclic) bond motifs is 1. The summed E-state index contributed by atoms with van der Waals surface area (Å²) in [5.74, 6) is -1.24. The van der Waals surface area contributed by atoms with Gasteiger partial charge in [-0.2, -0.15) is 5.26 Å². The van der Waals surface area contributed by atoms with E-state index in [2.05, 4.69) is 6.07 Å². The Labute approximate surface area is 211 Å². The van der Waals surface area contributed by atoms with Crippen molar-refractivity contribution < 1.29 is 19.4 Å². The summed E-state index contributed by atoms with van der Waals surface area (Å²) in [7, 11) is 1.94. The number of carboxylic acid groups (broad SMARTS) is 1. The highest BCUT2D eigenvalue weighted by Gasteiger charge is 2.23. The molecule has 3 rings (SSSR count). The SMILES string of the molecule is C[C@H](CC(=O)O)CC(=O)c1c(CCCCCOCc2cccc(Cl)c2)n(C)c2ccc(C#N)cc12. The second-order valence-corrected chi connectivity index (χ2v) is 9.48. The van der Waals surface area contributed by atoms with Crippen LogP contribution in [0.1, 0.15) is 66.2 Å². The summed E-state index contributed by atoms with van der Waals surface area (Å²) in [4.78, 5) is 24.4. The second kappa shape index (κ2) is 12.5. The second-order valence-electron chi connectivity index (χ2n) is 9.05. The van der Waals surface area contributed by atoms with E-state index in [9.17, 15) is 14.9 Å². The van der Waals surface area contributed by atoms with E-state index in [1.54, 1.807) is 19.1 Å². The molecule has 1 N–H and O–H groups in total. The third-order valence-corrected chi connectivity index (χ3v) is 6.38. The van der Waals surface area contributed by atoms with Crippen LogP contribution >= 0.6 is 11.6 Å². The number of unbranched alkanes of at least 4 members (excludes halogenated alkanes) is 2. The Morgan fingerprint density at radius 1 is 1.14 bits per heavy atom. The summed E-state index contributed by atoms with van der Waals surface area (Å²) < 4.78 is 7.79. The zero-order valence-corrected chi connectivity index (χ0v) is 21.0. The Balaban J connectivity index is 1.65. The smallest absolute Gasteiger partial charge is 0.303 e. The molecule has 3 aromatic rings. The zero-order chi connectivity index (χ0) is 25.4. The fourth-order valence-electron chi connectivity index (χ4n) is 4.45. The topological polar surface area (TPSA) is 92.3 Å². The number of hydrogen-bond donors (Lipinski definition) is 1. The molecule has 2 aromatic carbocycles. The molecular weight excluding hydrogens is 464 g/mol. The number of ether oxygens (including phenoxy) is 1. The Morgan fingerprint density at radius 3 is 2.66 bits per heavy atom. The average Bonchev–Trinajstić information content (AvgIpc) is 3.08. The van der Waals surface area contributed by atoms with Crippen LogP contribution in [-0.2, 0) is 29.6 Å². The van der Waals surface area contributed by atoms with Gasteiger partial charge in [0.05, 0.1) is 18.2 Å². The van der Waals surface area contributed by atoms with E-state index in [1.807, 2.05) is 41.9 Å². The van der Waals surface area contributed by atoms with Crippen LogP contribution in [-0.4, -0.2) is 28.0 Å². The Kier molecular flexibility index (Phi) is 9.47. The molecule has 0 aliphatic carbocycles. The van der Waals surface area contributed by atoms with E-state index < -0.39 is 5.97 Å². The molecule has 7 heteroatoms. The number of ketones is 1. The highest BCUT2D eigenvalue weighted by atomic mass is 35.5. The molecule has 0 unspecified atom stereocenters. The number of aryl methyl sites for hydroxylation is 1. The van der Waals surface area contributed by atoms with Gasteiger partial charge in [0.25, 0.3) is 0 Å². The van der Waals surface area contributed by atoms with Gasteiger partial charge in [-0.15, -0.1) is 0 Å². The third kappa shape index (κ3) is 7.17. The molecule has 6 nitrogen and oxygen atoms in total. The van der Waals surface area contributed by atoms with Crippen molar-refractivity contribution in [1.82, 2.24) is 4.57 Å². The molecule has 1 heterocycles. The normalized spacial score (nSPS) is 11.9. The highest BCUT2D eigenvalue weighted by Crippen LogP contribution is 2.30. The van der Waals surface area contributed by atoms with Gasteiger partial charge in [0, 0.05) is 53.7 Å². The highest BCUT2D eigenvalue weighted by molar-refractivity contribution is 6.30. The van der Waals surface area contributed by atoms with Crippen molar-refractivity contribution in [3.8, 4) is 6.07 Å². The molecule has 0 radical (unpaired) electrons. The number of aromatic nitrogens is 1. The quantitative estimate of drug-likeness (QED) is 0.222. The minimum absolute atomic E-state index is 0.0511. The number of rotatable bonds is 13. The van der Waals surface area contributed by atoms with Crippen LogP contribution in [0.5, 0.6) is 0 Å². The largest absolute Gasteiger partial charge is 0.481 e. The number of Topliss-reactive ketones (excluding diaryl/α,β-unsaturated/α-hetero) is 1. The first-order chi connectivity index (χ1) is 16.8. The first kappa shape index (κ1) is 26.5. The van der Waals surface area contributed by atoms with Crippen LogP contribution < -0.4 is 0 Å². The molecule has 0 spiro atoms. The van der Waals surface area contributed by atoms with E-state index in [0.29, 0.717) is 29.4 Å². The molecule has 1 atom stereocenters. The number of nitriles is 1. The molecule has 0 fully saturated rings. The summed E-state index contributed by atoms with van der Waals surface area (Å²) in [5, 5.41) is 19.9. The van der Waals surface area contributed by atoms with Gasteiger partial charge in [0.2, 0.25) is 0 Å². The van der Waals surface area contributed by atoms with Crippen molar-refractivity contribution in [2.24, 2.45) is 13.0 Å². The lowest BCUT2D eigenvalue weighted by atomic mass is 9.94. The fraction of sp³-hybridized carbons (Fsp3) is 0.393. The maximum Gasteiger partial charge on any atom is 0.303 e. The van der Waals surface area contributed by atoms with Crippen LogP contribution in [0.25, 0.3) is 10.9 Å². The maximum atomic E-state index is 13.3. The molecule has 0 saturated heterocycles. The van der Waals surface area contributed by atoms with E-state index >= 15 is 0 Å². The van der Waals surface area contributed by atoms with E-state index in [1.165, 1.54) is 0 Å². The lowest BCUT2D eigenvalue weighted by molar-refractivity contribution is -0.137. The van der Waals surface area contributed by atoms with Crippen LogP contribution in [0.4, 0.5) is 0 Å². The van der Waals surface area contributed by atoms with Crippen molar-refractivity contribution in [1.29, 1.82) is 5.26 Å². The summed E-state index contributed by atoms with van der Waals surface area (Å²) in [6.45, 7) is 2.95. The lowest BCUT2D eigenvalue weighted by Crippen LogP contribution is -2.12. The van der Waals surface area contributed by atoms with Crippen molar-refractivity contribution in [2.75, 3.05) is 6.61 Å². The number of halogens is 1. The van der Waals surface area contributed by atoms with Gasteiger partial charge in [-0.3, -0.25) is 9.59 Å². The molecule has 0 aliphatic rings. The van der Waals surface area contributed by atoms with Crippen molar-refractivity contribution in [3.63, 3.8) is 0 Å². The molecule has 0 saturated carbocycles. The minimum Gasteiger partial charge on any atom is -0.481 e. The van der Waals surface area contributed by atoms with Crippen molar-refractivity contribution in [2.45, 2.75) is 52.1 Å². The van der Waals surface area contributed by atoms with Gasteiger partial charge in [-0.1, -0.05) is 37.1 Å². The number of carboxylic acids is 1. The number of carbonyl (C=O) groups excluding carboxylic acids is 1. The van der Waals surface area contributed by atoms with Crippen LogP contribution in [0.2, 0.25) is 5.02 Å². The van der Waals surface area contributed by atoms with E-state index in [4.69, 9.17) is 21.4 Å². The first-order valence-corrected chi connectivity index (χ1v) is 12.3. The van der Waals surface area contributed by atoms with Gasteiger partial charge >= 0.3 is 5.97 Å². The Morgan fingerprint density at radius 2 is 1.94 bits per heavy atom. The number of hydrogen-bond acceptors (Lipinski definition) is 4. The van der Waals surface area contributed by atoms with Crippen LogP contribution in [0.3, 0.4) is 0 Å². The molecule has 1 aromatic heterocycles. The van der Waals surface area contributed by atoms with Gasteiger partial charge in [-0.05, 0) is 61.1 Å². The van der Waals surface area contributed by atoms with E-state index in [0.717, 1.165) is 47.8 Å². The van der Waals surface area contributed by atoms with Crippen LogP contribution in [0, 0.1) is 17.2 Å². The molecular formula is C28H31ClN2O4. The number of nitrogens with zero attached hydrogens (tertiary/aromatic N) is 2. The number of carbonyl (C=O) groups is 2. The molecule has 35 heavy (non-hydrogen) atoms. The zero-order valence-electron chi connectivity index (χ0n) is 20.2. The lowest BCUT2D eigenvalue weighted by Gasteiger charge is -2.11. The number of benzene rings is 2. The predicted molar refractivity (Wildman–Crippen MR) is 137 cm³/mol. The average molecular weight is 495 g/mol. The molecule has 0 amide bonds. The maximum absolute atomic E-state index is 13.3. The predicted octanol–water partition coefficient (Wildman–Crippen LogP) is 6.32. The molecule has 0 aliphatic heterocycles. The minimum atomic E-state index is -0.909. The Hall–Kier alpha value is -3.14. The Bertz CT molecular complexity index is 1240. The standard InChI is InChI=1S/C28H31ClN2O4/c1-19(14-27(33)34)13-26(32)28-23-16-20(17-30)10-11-24(23)31(2)25(28)9-4-3-5-12-35-18-21-7-6-8-22(29)15-21/h6-8,10-11,15-16,19H,3-5,9,12-14,18H2,1-2H3,(H,33,34)/t19-/m0/s1. The van der Waals surface area contributed by atoms with Gasteiger partial charge in [0.15, 0.2) is 5.78 Å². The van der Waals surface area contributed by atoms with Crippen molar-refractivity contribution >= 4 is 34.3 Å². The van der Waals surface area contributed by atoms with E-state index in [-0.39, 0.29) is 24.5 Å². The van der Waals surface area contributed by atoms with Crippen molar-refractivity contribution in [3.05, 3.63) is 69.9 Å². The third-order valence-electron chi connectivity index (χ3n) is 6.15. The fourth-order valence-corrected chi connectivity index (χ4v) is 4.66.